The molecule has 1 heterocycles. The van der Waals surface area contributed by atoms with Gasteiger partial charge in [0, 0.05) is 11.8 Å². The number of methoxy groups -OCH3 is 2. The van der Waals surface area contributed by atoms with Crippen molar-refractivity contribution >= 4 is 11.6 Å². The van der Waals surface area contributed by atoms with E-state index in [2.05, 4.69) is 44.2 Å². The van der Waals surface area contributed by atoms with E-state index in [0.717, 1.165) is 53.9 Å². The summed E-state index contributed by atoms with van der Waals surface area (Å²) in [4.78, 5) is 20.8. The van der Waals surface area contributed by atoms with Gasteiger partial charge in [-0.1, -0.05) is 50.6 Å². The van der Waals surface area contributed by atoms with E-state index in [1.165, 1.54) is 5.56 Å². The molecule has 4 rings (SSSR count). The second-order valence-corrected chi connectivity index (χ2v) is 9.22. The highest BCUT2D eigenvalue weighted by molar-refractivity contribution is 5.98. The smallest absolute Gasteiger partial charge is 0.236 e. The van der Waals surface area contributed by atoms with Crippen molar-refractivity contribution in [2.75, 3.05) is 19.1 Å². The van der Waals surface area contributed by atoms with E-state index < -0.39 is 0 Å². The van der Waals surface area contributed by atoms with E-state index in [1.807, 2.05) is 35.2 Å². The highest BCUT2D eigenvalue weighted by Crippen LogP contribution is 2.34. The Balaban J connectivity index is 1.72. The Kier molecular flexibility index (Phi) is 7.51. The molecular weight excluding hydrogens is 424 g/mol. The van der Waals surface area contributed by atoms with Crippen molar-refractivity contribution in [3.63, 3.8) is 0 Å². The van der Waals surface area contributed by atoms with Crippen molar-refractivity contribution in [3.8, 4) is 11.6 Å². The second-order valence-electron chi connectivity index (χ2n) is 9.22. The van der Waals surface area contributed by atoms with Crippen LogP contribution in [0, 0.1) is 0 Å². The molecule has 0 radical (unpaired) electrons. The number of carbonyl (C=O) groups excluding carboxylic acids is 1. The SMILES string of the molecule is COc1ccc(CN(C(=O)C2CCCCc3ccc(OC)nc32)c2ccc(C(C)C)cc2)cc1. The van der Waals surface area contributed by atoms with Crippen LogP contribution in [0.1, 0.15) is 67.3 Å². The van der Waals surface area contributed by atoms with E-state index in [-0.39, 0.29) is 11.8 Å². The Labute approximate surface area is 202 Å². The normalized spacial score (nSPS) is 15.4. The number of hydrogen-bond donors (Lipinski definition) is 0. The molecule has 1 aliphatic carbocycles. The summed E-state index contributed by atoms with van der Waals surface area (Å²) >= 11 is 0. The first-order valence-electron chi connectivity index (χ1n) is 12.1. The molecule has 0 saturated carbocycles. The molecular formula is C29H34N2O3. The molecule has 0 aliphatic heterocycles. The Bertz CT molecular complexity index is 1110. The number of amides is 1. The molecule has 0 saturated heterocycles. The van der Waals surface area contributed by atoms with Crippen molar-refractivity contribution in [1.82, 2.24) is 4.98 Å². The molecule has 178 valence electrons. The molecule has 1 amide bonds. The van der Waals surface area contributed by atoms with Gasteiger partial charge in [0.1, 0.15) is 5.75 Å². The Hall–Kier alpha value is -3.34. The van der Waals surface area contributed by atoms with Crippen molar-refractivity contribution in [1.29, 1.82) is 0 Å². The molecule has 0 N–H and O–H groups in total. The highest BCUT2D eigenvalue weighted by atomic mass is 16.5. The fraction of sp³-hybridized carbons (Fsp3) is 0.379. The first-order valence-corrected chi connectivity index (χ1v) is 12.1. The van der Waals surface area contributed by atoms with Gasteiger partial charge in [-0.3, -0.25) is 4.79 Å². The van der Waals surface area contributed by atoms with Gasteiger partial charge in [-0.15, -0.1) is 0 Å². The molecule has 0 bridgehead atoms. The van der Waals surface area contributed by atoms with Crippen molar-refractivity contribution in [2.24, 2.45) is 0 Å². The van der Waals surface area contributed by atoms with Gasteiger partial charge in [0.25, 0.3) is 0 Å². The van der Waals surface area contributed by atoms with Crippen LogP contribution >= 0.6 is 0 Å². The number of fused-ring (bicyclic) bond motifs is 1. The van der Waals surface area contributed by atoms with E-state index >= 15 is 0 Å². The fourth-order valence-corrected chi connectivity index (χ4v) is 4.59. The van der Waals surface area contributed by atoms with Crippen LogP contribution in [0.25, 0.3) is 0 Å². The molecule has 0 spiro atoms. The number of nitrogens with zero attached hydrogens (tertiary/aromatic N) is 2. The van der Waals surface area contributed by atoms with E-state index in [4.69, 9.17) is 14.5 Å². The summed E-state index contributed by atoms with van der Waals surface area (Å²) in [5.74, 6) is 1.58. The number of carbonyl (C=O) groups is 1. The number of hydrogen-bond acceptors (Lipinski definition) is 4. The molecule has 3 aromatic rings. The van der Waals surface area contributed by atoms with E-state index in [9.17, 15) is 4.79 Å². The van der Waals surface area contributed by atoms with Gasteiger partial charge >= 0.3 is 0 Å². The average molecular weight is 459 g/mol. The maximum atomic E-state index is 14.2. The summed E-state index contributed by atoms with van der Waals surface area (Å²) in [6.07, 6.45) is 3.79. The summed E-state index contributed by atoms with van der Waals surface area (Å²) in [6.45, 7) is 4.84. The van der Waals surface area contributed by atoms with Crippen LogP contribution in [0.5, 0.6) is 11.6 Å². The van der Waals surface area contributed by atoms with Crippen LogP contribution < -0.4 is 14.4 Å². The van der Waals surface area contributed by atoms with Crippen LogP contribution in [0.4, 0.5) is 5.69 Å². The van der Waals surface area contributed by atoms with Gasteiger partial charge in [-0.2, -0.15) is 0 Å². The van der Waals surface area contributed by atoms with Gasteiger partial charge in [-0.05, 0) is 66.1 Å². The summed E-state index contributed by atoms with van der Waals surface area (Å²) < 4.78 is 10.7. The van der Waals surface area contributed by atoms with E-state index in [1.54, 1.807) is 14.2 Å². The Morgan fingerprint density at radius 3 is 2.35 bits per heavy atom. The first-order chi connectivity index (χ1) is 16.5. The van der Waals surface area contributed by atoms with Crippen LogP contribution in [0.2, 0.25) is 0 Å². The van der Waals surface area contributed by atoms with Gasteiger partial charge < -0.3 is 14.4 Å². The number of anilines is 1. The lowest BCUT2D eigenvalue weighted by atomic mass is 9.95. The maximum Gasteiger partial charge on any atom is 0.236 e. The summed E-state index contributed by atoms with van der Waals surface area (Å²) in [5, 5.41) is 0. The molecule has 1 aliphatic rings. The van der Waals surface area contributed by atoms with Crippen LogP contribution in [0.15, 0.2) is 60.7 Å². The standard InChI is InChI=1S/C29H34N2O3/c1-20(2)22-11-14-24(15-12-22)31(19-21-9-16-25(33-3)17-10-21)29(32)26-8-6-5-7-23-13-18-27(34-4)30-28(23)26/h9-18,20,26H,5-8,19H2,1-4H3. The number of aryl methyl sites for hydroxylation is 1. The molecule has 5 heteroatoms. The predicted molar refractivity (Wildman–Crippen MR) is 136 cm³/mol. The van der Waals surface area contributed by atoms with E-state index in [0.29, 0.717) is 18.3 Å². The van der Waals surface area contributed by atoms with Gasteiger partial charge in [-0.25, -0.2) is 4.98 Å². The Morgan fingerprint density at radius 2 is 1.71 bits per heavy atom. The highest BCUT2D eigenvalue weighted by Gasteiger charge is 2.31. The summed E-state index contributed by atoms with van der Waals surface area (Å²) in [6, 6.07) is 20.2. The first kappa shape index (κ1) is 23.8. The molecule has 1 atom stereocenters. The molecule has 2 aromatic carbocycles. The van der Waals surface area contributed by atoms with Crippen molar-refractivity contribution in [3.05, 3.63) is 83.0 Å². The summed E-state index contributed by atoms with van der Waals surface area (Å²) in [5.41, 5.74) is 5.22. The monoisotopic (exact) mass is 458 g/mol. The van der Waals surface area contributed by atoms with Crippen LogP contribution in [-0.4, -0.2) is 25.1 Å². The third-order valence-corrected chi connectivity index (χ3v) is 6.65. The minimum atomic E-state index is -0.296. The number of ether oxygens (including phenoxy) is 2. The lowest BCUT2D eigenvalue weighted by molar-refractivity contribution is -0.120. The molecule has 1 unspecified atom stereocenters. The largest absolute Gasteiger partial charge is 0.497 e. The minimum Gasteiger partial charge on any atom is -0.497 e. The number of benzene rings is 2. The quantitative estimate of drug-likeness (QED) is 0.392. The molecule has 34 heavy (non-hydrogen) atoms. The lowest BCUT2D eigenvalue weighted by Gasteiger charge is -2.28. The lowest BCUT2D eigenvalue weighted by Crippen LogP contribution is -2.35. The predicted octanol–water partition coefficient (Wildman–Crippen LogP) is 6.27. The topological polar surface area (TPSA) is 51.7 Å². The van der Waals surface area contributed by atoms with Crippen LogP contribution in [0.3, 0.4) is 0 Å². The van der Waals surface area contributed by atoms with Crippen molar-refractivity contribution in [2.45, 2.75) is 57.9 Å². The summed E-state index contributed by atoms with van der Waals surface area (Å²) in [7, 11) is 3.28. The maximum absolute atomic E-state index is 14.2. The number of aromatic nitrogens is 1. The number of rotatable bonds is 7. The molecule has 1 aromatic heterocycles. The fourth-order valence-electron chi connectivity index (χ4n) is 4.59. The van der Waals surface area contributed by atoms with Gasteiger partial charge in [0.2, 0.25) is 11.8 Å². The third kappa shape index (κ3) is 5.24. The molecule has 5 nitrogen and oxygen atoms in total. The third-order valence-electron chi connectivity index (χ3n) is 6.65. The minimum absolute atomic E-state index is 0.0806. The zero-order valence-electron chi connectivity index (χ0n) is 20.6. The zero-order chi connectivity index (χ0) is 24.1. The molecule has 0 fully saturated rings. The second kappa shape index (κ2) is 10.7. The zero-order valence-corrected chi connectivity index (χ0v) is 20.6. The van der Waals surface area contributed by atoms with Gasteiger partial charge in [0.15, 0.2) is 0 Å². The average Bonchev–Trinajstić information content (AvgIpc) is 3.09. The van der Waals surface area contributed by atoms with Crippen molar-refractivity contribution < 1.29 is 14.3 Å². The Morgan fingerprint density at radius 1 is 0.971 bits per heavy atom. The van der Waals surface area contributed by atoms with Crippen LogP contribution in [-0.2, 0) is 17.8 Å². The number of pyridine rings is 1. The van der Waals surface area contributed by atoms with Gasteiger partial charge in [0.05, 0.1) is 32.4 Å².